The Labute approximate surface area is 369 Å². The van der Waals surface area contributed by atoms with Crippen LogP contribution in [0.1, 0.15) is 74.6 Å². The van der Waals surface area contributed by atoms with E-state index in [1.54, 1.807) is 36.4 Å². The van der Waals surface area contributed by atoms with Gasteiger partial charge in [-0.2, -0.15) is 67.9 Å². The van der Waals surface area contributed by atoms with Gasteiger partial charge in [0.1, 0.15) is 0 Å². The minimum absolute atomic E-state index is 0. The molecule has 0 spiro atoms. The van der Waals surface area contributed by atoms with E-state index in [9.17, 15) is 26.3 Å². The maximum Gasteiger partial charge on any atom is 0.416 e. The SMILES string of the molecule is CCC(C)c1cc2c(-c3ccccc3C(F)(F)F)cccc2[cH-]1.CCC(C)c1cc2c(-c3ccccc3C(F)(F)F)cccc2[cH-]1.[Hf].[c-]1cccc2c1[Si]c1ccccc1-2. The predicted octanol–water partition coefficient (Wildman–Crippen LogP) is 14.6. The number of hydrogen-bond donors (Lipinski definition) is 0. The number of hydrogen-bond acceptors (Lipinski definition) is 0. The first-order chi connectivity index (χ1) is 28.3. The second kappa shape index (κ2) is 18.9. The summed E-state index contributed by atoms with van der Waals surface area (Å²) in [6.45, 7) is 8.50. The first kappa shape index (κ1) is 44.8. The van der Waals surface area contributed by atoms with Crippen LogP contribution in [0.3, 0.4) is 0 Å². The summed E-state index contributed by atoms with van der Waals surface area (Å²) in [5.41, 5.74) is 5.73. The molecule has 0 nitrogen and oxygen atoms in total. The number of benzene rings is 6. The molecular formula is C52H43F6HfSi-3. The van der Waals surface area contributed by atoms with Gasteiger partial charge in [-0.05, 0) is 35.1 Å². The van der Waals surface area contributed by atoms with Gasteiger partial charge in [0, 0.05) is 25.8 Å². The molecule has 0 N–H and O–H groups in total. The number of rotatable bonds is 6. The van der Waals surface area contributed by atoms with E-state index in [0.29, 0.717) is 23.0 Å². The van der Waals surface area contributed by atoms with Crippen LogP contribution in [0.15, 0.2) is 152 Å². The topological polar surface area (TPSA) is 0 Å². The number of alkyl halides is 6. The van der Waals surface area contributed by atoms with Gasteiger partial charge >= 0.3 is 12.4 Å². The van der Waals surface area contributed by atoms with E-state index in [-0.39, 0.29) is 37.0 Å². The van der Waals surface area contributed by atoms with Gasteiger partial charge < -0.3 is 0 Å². The molecule has 8 aromatic rings. The Morgan fingerprint density at radius 1 is 0.517 bits per heavy atom. The van der Waals surface area contributed by atoms with Gasteiger partial charge in [0.15, 0.2) is 0 Å². The molecule has 0 bridgehead atoms. The molecule has 8 aromatic carbocycles. The molecule has 1 heterocycles. The molecule has 1 aliphatic rings. The van der Waals surface area contributed by atoms with E-state index >= 15 is 0 Å². The maximum atomic E-state index is 13.3. The minimum atomic E-state index is -4.36. The summed E-state index contributed by atoms with van der Waals surface area (Å²) < 4.78 is 79.9. The van der Waals surface area contributed by atoms with Crippen LogP contribution in [-0.2, 0) is 38.2 Å². The summed E-state index contributed by atoms with van der Waals surface area (Å²) in [6.07, 6.45) is -6.70. The Bertz CT molecular complexity index is 2510. The standard InChI is InChI=1S/2C20H18F3.C12H7Si.Hf/c2*1-3-13(2)15-11-14-7-6-9-16(18(14)12-15)17-8-4-5-10-19(17)20(21,22)23;1-3-7-11-9(5-1)10-6-2-4-8-12(10)13-11;/h2*4-13H,3H2,1-2H3;1-7H;/q3*-1;. The normalized spacial score (nSPS) is 13.0. The van der Waals surface area contributed by atoms with Crippen LogP contribution in [0, 0.1) is 6.07 Å². The molecule has 0 aliphatic carbocycles. The molecule has 0 saturated carbocycles. The van der Waals surface area contributed by atoms with Crippen LogP contribution < -0.4 is 10.4 Å². The first-order valence-corrected chi connectivity index (χ1v) is 20.9. The number of fused-ring (bicyclic) bond motifs is 5. The van der Waals surface area contributed by atoms with Crippen LogP contribution >= 0.6 is 0 Å². The average molecular weight is 988 g/mol. The van der Waals surface area contributed by atoms with Gasteiger partial charge in [-0.1, -0.05) is 135 Å². The van der Waals surface area contributed by atoms with Crippen molar-refractivity contribution in [3.8, 4) is 33.4 Å². The van der Waals surface area contributed by atoms with Crippen LogP contribution in [0.25, 0.3) is 54.9 Å². The van der Waals surface area contributed by atoms with E-state index in [0.717, 1.165) is 56.0 Å². The molecular weight excluding hydrogens is 945 g/mol. The monoisotopic (exact) mass is 989 g/mol. The smallest absolute Gasteiger partial charge is 0.184 e. The summed E-state index contributed by atoms with van der Waals surface area (Å²) in [4.78, 5) is 0. The quantitative estimate of drug-likeness (QED) is 0.0885. The van der Waals surface area contributed by atoms with Crippen LogP contribution in [0.2, 0.25) is 0 Å². The molecule has 2 unspecified atom stereocenters. The van der Waals surface area contributed by atoms with E-state index in [4.69, 9.17) is 0 Å². The molecule has 9 rings (SSSR count). The summed E-state index contributed by atoms with van der Waals surface area (Å²) in [6, 6.07) is 49.1. The van der Waals surface area contributed by atoms with E-state index in [2.05, 4.69) is 82.3 Å². The van der Waals surface area contributed by atoms with Crippen LogP contribution in [-0.4, -0.2) is 9.52 Å². The molecule has 1 aliphatic heterocycles. The predicted molar refractivity (Wildman–Crippen MR) is 233 cm³/mol. The Kier molecular flexibility index (Phi) is 14.1. The van der Waals surface area contributed by atoms with Crippen molar-refractivity contribution in [2.24, 2.45) is 0 Å². The third kappa shape index (κ3) is 9.55. The fourth-order valence-electron chi connectivity index (χ4n) is 7.68. The molecule has 60 heavy (non-hydrogen) atoms. The van der Waals surface area contributed by atoms with Crippen molar-refractivity contribution >= 4 is 41.4 Å². The van der Waals surface area contributed by atoms with E-state index in [1.165, 1.54) is 44.8 Å². The fraction of sp³-hybridized carbons (Fsp3) is 0.192. The second-order valence-electron chi connectivity index (χ2n) is 15.0. The van der Waals surface area contributed by atoms with Crippen LogP contribution in [0.5, 0.6) is 0 Å². The van der Waals surface area contributed by atoms with Crippen molar-refractivity contribution in [2.45, 2.75) is 64.7 Å². The molecule has 8 heteroatoms. The van der Waals surface area contributed by atoms with Crippen molar-refractivity contribution in [2.75, 3.05) is 0 Å². The van der Waals surface area contributed by atoms with Gasteiger partial charge in [0.2, 0.25) is 0 Å². The third-order valence-electron chi connectivity index (χ3n) is 11.3. The van der Waals surface area contributed by atoms with Crippen LogP contribution in [0.4, 0.5) is 26.3 Å². The van der Waals surface area contributed by atoms with Crippen molar-refractivity contribution in [1.29, 1.82) is 0 Å². The third-order valence-corrected chi connectivity index (χ3v) is 12.7. The Morgan fingerprint density at radius 3 is 1.40 bits per heavy atom. The van der Waals surface area contributed by atoms with Gasteiger partial charge in [-0.3, -0.25) is 0 Å². The Morgan fingerprint density at radius 2 is 0.933 bits per heavy atom. The van der Waals surface area contributed by atoms with Gasteiger partial charge in [-0.25, -0.2) is 0 Å². The molecule has 0 amide bonds. The van der Waals surface area contributed by atoms with Crippen molar-refractivity contribution in [3.63, 3.8) is 0 Å². The summed E-state index contributed by atoms with van der Waals surface area (Å²) >= 11 is 0. The minimum Gasteiger partial charge on any atom is -0.184 e. The van der Waals surface area contributed by atoms with Crippen molar-refractivity contribution in [1.82, 2.24) is 0 Å². The summed E-state index contributed by atoms with van der Waals surface area (Å²) in [5, 5.41) is 6.59. The fourth-order valence-corrected chi connectivity index (χ4v) is 8.99. The number of halogens is 6. The maximum absolute atomic E-state index is 13.3. The zero-order valence-electron chi connectivity index (χ0n) is 33.8. The van der Waals surface area contributed by atoms with Gasteiger partial charge in [0.05, 0.1) is 20.6 Å². The average Bonchev–Trinajstić information content (AvgIpc) is 3.98. The summed E-state index contributed by atoms with van der Waals surface area (Å²) in [5.74, 6) is 0.793. The largest absolute Gasteiger partial charge is 0.416 e. The molecule has 0 fully saturated rings. The Balaban J connectivity index is 0.000000155. The molecule has 0 saturated heterocycles. The van der Waals surface area contributed by atoms with E-state index < -0.39 is 23.5 Å². The summed E-state index contributed by atoms with van der Waals surface area (Å²) in [7, 11) is 0.795. The Hall–Kier alpha value is -4.79. The molecule has 2 atom stereocenters. The van der Waals surface area contributed by atoms with Gasteiger partial charge in [-0.15, -0.1) is 74.6 Å². The molecule has 304 valence electrons. The van der Waals surface area contributed by atoms with Gasteiger partial charge in [0.25, 0.3) is 0 Å². The van der Waals surface area contributed by atoms with E-state index in [1.807, 2.05) is 42.5 Å². The second-order valence-corrected chi connectivity index (χ2v) is 16.3. The zero-order valence-corrected chi connectivity index (χ0v) is 38.4. The first-order valence-electron chi connectivity index (χ1n) is 19.9. The van der Waals surface area contributed by atoms with Crippen molar-refractivity contribution in [3.05, 3.63) is 180 Å². The molecule has 2 radical (unpaired) electrons. The van der Waals surface area contributed by atoms with Crippen molar-refractivity contribution < 1.29 is 52.2 Å². The molecule has 0 aromatic heterocycles. The zero-order chi connectivity index (χ0) is 41.9.